The first-order chi connectivity index (χ1) is 13.7. The molecule has 0 saturated carbocycles. The highest BCUT2D eigenvalue weighted by Gasteiger charge is 2.35. The molecule has 0 aromatic heterocycles. The molecule has 0 bridgehead atoms. The maximum Gasteiger partial charge on any atom is 0.270 e. The molecule has 1 saturated heterocycles. The highest BCUT2D eigenvalue weighted by atomic mass is 79.9. The molecule has 6 nitrogen and oxygen atoms in total. The molecule has 0 radical (unpaired) electrons. The van der Waals surface area contributed by atoms with Crippen LogP contribution < -0.4 is 15.0 Å². The van der Waals surface area contributed by atoms with Crippen molar-refractivity contribution in [1.29, 1.82) is 0 Å². The second-order valence-corrected chi connectivity index (χ2v) is 7.70. The molecule has 0 atom stereocenters. The summed E-state index contributed by atoms with van der Waals surface area (Å²) >= 11 is 8.52. The zero-order valence-electron chi connectivity index (χ0n) is 16.1. The lowest BCUT2D eigenvalue weighted by Gasteiger charge is -2.30. The summed E-state index contributed by atoms with van der Waals surface area (Å²) in [5.74, 6) is -0.899. The van der Waals surface area contributed by atoms with Crippen molar-refractivity contribution in [1.82, 2.24) is 5.32 Å². The van der Waals surface area contributed by atoms with Crippen LogP contribution in [0.5, 0.6) is 11.5 Å². The van der Waals surface area contributed by atoms with Crippen LogP contribution in [0.4, 0.5) is 5.69 Å². The molecule has 0 spiro atoms. The fraction of sp³-hybridized carbons (Fsp3) is 0.190. The number of hydrogen-bond donors (Lipinski definition) is 2. The van der Waals surface area contributed by atoms with Gasteiger partial charge in [-0.25, -0.2) is 0 Å². The monoisotopic (exact) mass is 474 g/mol. The van der Waals surface area contributed by atoms with Crippen LogP contribution in [0.1, 0.15) is 23.6 Å². The van der Waals surface area contributed by atoms with Crippen LogP contribution in [-0.4, -0.2) is 28.6 Å². The van der Waals surface area contributed by atoms with E-state index in [1.807, 2.05) is 26.0 Å². The molecule has 1 heterocycles. The number of nitrogens with zero attached hydrogens (tertiary/aromatic N) is 1. The van der Waals surface area contributed by atoms with E-state index in [0.717, 1.165) is 11.1 Å². The Morgan fingerprint density at radius 2 is 2.00 bits per heavy atom. The van der Waals surface area contributed by atoms with E-state index in [1.165, 1.54) is 11.0 Å². The molecule has 8 heteroatoms. The Kier molecular flexibility index (Phi) is 6.04. The number of rotatable bonds is 4. The zero-order chi connectivity index (χ0) is 21.3. The molecule has 150 valence electrons. The third-order valence-corrected chi connectivity index (χ3v) is 5.47. The van der Waals surface area contributed by atoms with Gasteiger partial charge in [0.2, 0.25) is 0 Å². The minimum atomic E-state index is -0.580. The van der Waals surface area contributed by atoms with Gasteiger partial charge in [0.25, 0.3) is 11.8 Å². The van der Waals surface area contributed by atoms with Crippen LogP contribution in [0.15, 0.2) is 40.4 Å². The van der Waals surface area contributed by atoms with E-state index in [1.54, 1.807) is 25.1 Å². The smallest absolute Gasteiger partial charge is 0.270 e. The summed E-state index contributed by atoms with van der Waals surface area (Å²) in [5.41, 5.74) is 2.96. The second-order valence-electron chi connectivity index (χ2n) is 6.46. The number of carbonyl (C=O) groups excluding carboxylic acids is 2. The number of thiocarbonyl (C=S) groups is 1. The minimum Gasteiger partial charge on any atom is -0.503 e. The molecule has 3 rings (SSSR count). The molecule has 2 aromatic rings. The summed E-state index contributed by atoms with van der Waals surface area (Å²) in [4.78, 5) is 27.0. The van der Waals surface area contributed by atoms with E-state index in [9.17, 15) is 14.7 Å². The quantitative estimate of drug-likeness (QED) is 0.397. The van der Waals surface area contributed by atoms with Gasteiger partial charge in [0.05, 0.1) is 16.8 Å². The Balaban J connectivity index is 2.08. The lowest BCUT2D eigenvalue weighted by molar-refractivity contribution is -0.122. The fourth-order valence-electron chi connectivity index (χ4n) is 2.96. The first-order valence-corrected chi connectivity index (χ1v) is 10.1. The van der Waals surface area contributed by atoms with Gasteiger partial charge < -0.3 is 9.84 Å². The summed E-state index contributed by atoms with van der Waals surface area (Å²) in [5, 5.41) is 12.7. The van der Waals surface area contributed by atoms with Crippen LogP contribution in [0, 0.1) is 13.8 Å². The van der Waals surface area contributed by atoms with Gasteiger partial charge in [-0.05, 0) is 89.9 Å². The molecule has 2 aromatic carbocycles. The van der Waals surface area contributed by atoms with Crippen molar-refractivity contribution < 1.29 is 19.4 Å². The number of hydrogen-bond acceptors (Lipinski definition) is 5. The number of anilines is 1. The number of aryl methyl sites for hydroxylation is 1. The average Bonchev–Trinajstić information content (AvgIpc) is 2.66. The van der Waals surface area contributed by atoms with Gasteiger partial charge in [-0.15, -0.1) is 0 Å². The van der Waals surface area contributed by atoms with Crippen LogP contribution >= 0.6 is 28.1 Å². The molecule has 2 N–H and O–H groups in total. The number of amides is 2. The van der Waals surface area contributed by atoms with E-state index in [0.29, 0.717) is 22.3 Å². The molecule has 29 heavy (non-hydrogen) atoms. The molecule has 0 unspecified atom stereocenters. The largest absolute Gasteiger partial charge is 0.503 e. The Morgan fingerprint density at radius 1 is 1.28 bits per heavy atom. The van der Waals surface area contributed by atoms with E-state index in [2.05, 4.69) is 21.2 Å². The fourth-order valence-corrected chi connectivity index (χ4v) is 3.70. The lowest BCUT2D eigenvalue weighted by atomic mass is 10.0. The van der Waals surface area contributed by atoms with Crippen LogP contribution in [0.2, 0.25) is 0 Å². The number of carbonyl (C=O) groups is 2. The highest BCUT2D eigenvalue weighted by Crippen LogP contribution is 2.36. The number of halogens is 1. The van der Waals surface area contributed by atoms with Gasteiger partial charge in [-0.2, -0.15) is 0 Å². The molecular weight excluding hydrogens is 456 g/mol. The third kappa shape index (κ3) is 4.04. The summed E-state index contributed by atoms with van der Waals surface area (Å²) in [6.45, 7) is 5.98. The Hall–Kier alpha value is -2.71. The van der Waals surface area contributed by atoms with Crippen molar-refractivity contribution in [3.8, 4) is 11.5 Å². The summed E-state index contributed by atoms with van der Waals surface area (Å²) in [6.07, 6.45) is 1.45. The van der Waals surface area contributed by atoms with Crippen molar-refractivity contribution in [2.75, 3.05) is 11.5 Å². The Labute approximate surface area is 182 Å². The topological polar surface area (TPSA) is 78.9 Å². The van der Waals surface area contributed by atoms with Crippen molar-refractivity contribution in [2.24, 2.45) is 0 Å². The first-order valence-electron chi connectivity index (χ1n) is 8.87. The normalized spacial score (nSPS) is 15.7. The van der Waals surface area contributed by atoms with Gasteiger partial charge in [0.15, 0.2) is 16.6 Å². The van der Waals surface area contributed by atoms with Crippen LogP contribution in [-0.2, 0) is 9.59 Å². The van der Waals surface area contributed by atoms with Crippen molar-refractivity contribution in [3.05, 3.63) is 57.1 Å². The number of ether oxygens (including phenoxy) is 1. The van der Waals surface area contributed by atoms with Crippen molar-refractivity contribution >= 4 is 56.8 Å². The Morgan fingerprint density at radius 3 is 2.69 bits per heavy atom. The van der Waals surface area contributed by atoms with Gasteiger partial charge in [-0.1, -0.05) is 12.1 Å². The Bertz CT molecular complexity index is 1060. The van der Waals surface area contributed by atoms with Gasteiger partial charge in [-0.3, -0.25) is 19.8 Å². The molecule has 0 aliphatic carbocycles. The predicted octanol–water partition coefficient (Wildman–Crippen LogP) is 4.00. The number of phenolic OH excluding ortho intramolecular Hbond substituents is 1. The first kappa shape index (κ1) is 21.0. The minimum absolute atomic E-state index is 0.0349. The van der Waals surface area contributed by atoms with Crippen molar-refractivity contribution in [3.63, 3.8) is 0 Å². The van der Waals surface area contributed by atoms with Gasteiger partial charge >= 0.3 is 0 Å². The van der Waals surface area contributed by atoms with Gasteiger partial charge in [0.1, 0.15) is 5.57 Å². The van der Waals surface area contributed by atoms with Crippen LogP contribution in [0.3, 0.4) is 0 Å². The van der Waals surface area contributed by atoms with Crippen molar-refractivity contribution in [2.45, 2.75) is 20.8 Å². The zero-order valence-corrected chi connectivity index (χ0v) is 18.5. The lowest BCUT2D eigenvalue weighted by Crippen LogP contribution is -2.54. The van der Waals surface area contributed by atoms with E-state index in [-0.39, 0.29) is 22.2 Å². The third-order valence-electron chi connectivity index (χ3n) is 4.58. The number of phenols is 1. The molecule has 1 aliphatic rings. The molecule has 1 aliphatic heterocycles. The summed E-state index contributed by atoms with van der Waals surface area (Å²) < 4.78 is 5.80. The van der Waals surface area contributed by atoms with E-state index in [4.69, 9.17) is 17.0 Å². The second kappa shape index (κ2) is 8.34. The maximum absolute atomic E-state index is 13.2. The van der Waals surface area contributed by atoms with E-state index >= 15 is 0 Å². The number of aromatic hydroxyl groups is 1. The molecule has 2 amide bonds. The van der Waals surface area contributed by atoms with Crippen LogP contribution in [0.25, 0.3) is 6.08 Å². The number of benzene rings is 2. The molecule has 1 fully saturated rings. The standard InChI is InChI=1S/C21H19BrN2O4S/c1-4-28-17-10-13(9-15(22)18(17)25)8-14-19(26)23-21(29)24(20(14)27)16-7-5-6-11(2)12(16)3/h5-10,25H,4H2,1-3H3,(H,23,26,29)/b14-8-. The summed E-state index contributed by atoms with van der Waals surface area (Å²) in [7, 11) is 0. The summed E-state index contributed by atoms with van der Waals surface area (Å²) in [6, 6.07) is 8.71. The highest BCUT2D eigenvalue weighted by molar-refractivity contribution is 9.10. The number of nitrogens with one attached hydrogen (secondary N) is 1. The average molecular weight is 475 g/mol. The predicted molar refractivity (Wildman–Crippen MR) is 119 cm³/mol. The van der Waals surface area contributed by atoms with E-state index < -0.39 is 11.8 Å². The maximum atomic E-state index is 13.2. The SMILES string of the molecule is CCOc1cc(/C=C2/C(=O)NC(=S)N(c3cccc(C)c3C)C2=O)cc(Br)c1O. The van der Waals surface area contributed by atoms with Gasteiger partial charge in [0, 0.05) is 0 Å². The molecular formula is C21H19BrN2O4S.